The van der Waals surface area contributed by atoms with Crippen LogP contribution in [0.2, 0.25) is 0 Å². The van der Waals surface area contributed by atoms with Crippen LogP contribution in [0.4, 0.5) is 4.39 Å². The molecular formula is C40H35FN4OPd. The van der Waals surface area contributed by atoms with Gasteiger partial charge < -0.3 is 9.30 Å². The van der Waals surface area contributed by atoms with Crippen LogP contribution in [0, 0.1) is 17.9 Å². The maximum Gasteiger partial charge on any atom is 2.00 e. The maximum atomic E-state index is 14.3. The van der Waals surface area contributed by atoms with Crippen molar-refractivity contribution in [2.45, 2.75) is 52.9 Å². The van der Waals surface area contributed by atoms with Crippen molar-refractivity contribution in [1.82, 2.24) is 19.3 Å². The van der Waals surface area contributed by atoms with E-state index in [9.17, 15) is 4.39 Å². The van der Waals surface area contributed by atoms with Gasteiger partial charge in [-0.2, -0.15) is 17.2 Å². The summed E-state index contributed by atoms with van der Waals surface area (Å²) in [5.74, 6) is 1.20. The summed E-state index contributed by atoms with van der Waals surface area (Å²) < 4.78 is 24.5. The Morgan fingerprint density at radius 1 is 0.809 bits per heavy atom. The molecule has 0 unspecified atom stereocenters. The zero-order chi connectivity index (χ0) is 32.0. The van der Waals surface area contributed by atoms with Crippen LogP contribution in [-0.4, -0.2) is 19.3 Å². The number of pyridine rings is 1. The Bertz CT molecular complexity index is 2210. The maximum absolute atomic E-state index is 14.3. The minimum Gasteiger partial charge on any atom is -0.509 e. The van der Waals surface area contributed by atoms with Crippen LogP contribution in [0.5, 0.6) is 11.5 Å². The third-order valence-electron chi connectivity index (χ3n) is 8.46. The third-order valence-corrected chi connectivity index (χ3v) is 8.46. The monoisotopic (exact) mass is 712 g/mol. The molecule has 0 fully saturated rings. The molecule has 0 aliphatic heterocycles. The first-order valence-electron chi connectivity index (χ1n) is 15.7. The van der Waals surface area contributed by atoms with Crippen molar-refractivity contribution < 1.29 is 29.6 Å². The molecule has 0 saturated carbocycles. The van der Waals surface area contributed by atoms with Gasteiger partial charge in [0.2, 0.25) is 0 Å². The molecule has 0 N–H and O–H groups in total. The molecule has 0 saturated heterocycles. The summed E-state index contributed by atoms with van der Waals surface area (Å²) >= 11 is 0. The second kappa shape index (κ2) is 12.9. The van der Waals surface area contributed by atoms with E-state index in [-0.39, 0.29) is 31.7 Å². The van der Waals surface area contributed by atoms with E-state index >= 15 is 0 Å². The Labute approximate surface area is 288 Å². The molecule has 0 amide bonds. The van der Waals surface area contributed by atoms with Gasteiger partial charge in [-0.15, -0.1) is 35.7 Å². The van der Waals surface area contributed by atoms with E-state index < -0.39 is 0 Å². The Morgan fingerprint density at radius 2 is 1.57 bits per heavy atom. The van der Waals surface area contributed by atoms with E-state index in [1.165, 1.54) is 35.0 Å². The van der Waals surface area contributed by atoms with Crippen molar-refractivity contribution in [3.8, 4) is 34.1 Å². The van der Waals surface area contributed by atoms with Gasteiger partial charge in [-0.05, 0) is 52.6 Å². The zero-order valence-corrected chi connectivity index (χ0v) is 28.6. The van der Waals surface area contributed by atoms with Gasteiger partial charge in [-0.3, -0.25) is 4.68 Å². The topological polar surface area (TPSA) is 44.9 Å². The van der Waals surface area contributed by atoms with Gasteiger partial charge in [0.1, 0.15) is 11.6 Å². The molecule has 238 valence electrons. The summed E-state index contributed by atoms with van der Waals surface area (Å²) in [6.45, 7) is 11.0. The quantitative estimate of drug-likeness (QED) is 0.122. The number of hydrogen-bond acceptors (Lipinski definition) is 3. The van der Waals surface area contributed by atoms with Gasteiger partial charge in [-0.25, -0.2) is 9.37 Å². The molecule has 0 radical (unpaired) electrons. The number of fused-ring (bicyclic) bond motifs is 3. The Morgan fingerprint density at radius 3 is 2.30 bits per heavy atom. The van der Waals surface area contributed by atoms with Crippen LogP contribution in [-0.2, 0) is 38.7 Å². The molecule has 3 aromatic heterocycles. The molecule has 4 aromatic carbocycles. The minimum atomic E-state index is -0.351. The summed E-state index contributed by atoms with van der Waals surface area (Å²) in [5.41, 5.74) is 8.41. The van der Waals surface area contributed by atoms with Crippen molar-refractivity contribution in [2.75, 3.05) is 0 Å². The van der Waals surface area contributed by atoms with Crippen molar-refractivity contribution >= 4 is 21.8 Å². The predicted octanol–water partition coefficient (Wildman–Crippen LogP) is 9.98. The number of rotatable bonds is 7. The van der Waals surface area contributed by atoms with Crippen LogP contribution in [0.25, 0.3) is 44.4 Å². The fourth-order valence-corrected chi connectivity index (χ4v) is 6.17. The number of aryl methyl sites for hydroxylation is 1. The third kappa shape index (κ3) is 6.02. The van der Waals surface area contributed by atoms with Crippen molar-refractivity contribution in [3.05, 3.63) is 132 Å². The number of nitrogens with zero attached hydrogens (tertiary/aromatic N) is 4. The minimum absolute atomic E-state index is 0. The van der Waals surface area contributed by atoms with E-state index in [0.29, 0.717) is 17.3 Å². The summed E-state index contributed by atoms with van der Waals surface area (Å²) in [6, 6.07) is 36.3. The molecule has 0 aliphatic carbocycles. The first-order chi connectivity index (χ1) is 22.2. The molecule has 0 bridgehead atoms. The molecule has 3 heterocycles. The average molecular weight is 713 g/mol. The molecule has 5 nitrogen and oxygen atoms in total. The molecule has 7 aromatic rings. The number of hydrogen-bond donors (Lipinski definition) is 0. The zero-order valence-electron chi connectivity index (χ0n) is 27.0. The van der Waals surface area contributed by atoms with Crippen LogP contribution >= 0.6 is 0 Å². The van der Waals surface area contributed by atoms with Crippen molar-refractivity contribution in [1.29, 1.82) is 0 Å². The molecule has 7 rings (SSSR count). The summed E-state index contributed by atoms with van der Waals surface area (Å²) in [4.78, 5) is 4.46. The number of halogens is 1. The fraction of sp³-hybridized carbons (Fsp3) is 0.200. The van der Waals surface area contributed by atoms with Crippen LogP contribution in [0.3, 0.4) is 0 Å². The first kappa shape index (κ1) is 32.4. The number of aromatic nitrogens is 4. The van der Waals surface area contributed by atoms with Gasteiger partial charge in [0, 0.05) is 40.5 Å². The molecular weight excluding hydrogens is 678 g/mol. The Balaban J connectivity index is 0.00000386. The Hall–Kier alpha value is -4.57. The fourth-order valence-electron chi connectivity index (χ4n) is 6.17. The van der Waals surface area contributed by atoms with Gasteiger partial charge in [-0.1, -0.05) is 82.6 Å². The van der Waals surface area contributed by atoms with E-state index in [1.54, 1.807) is 0 Å². The SMILES string of the molecule is CCc1nn(-c2[c-]c(Oc3[c-]c4c(cc3)c3ccccc3n4-c3cc(F)ccn3)ccc2)c(CC)c1-c1ccc(C(C)(C)C)cc1.[Pd+2]. The molecule has 47 heavy (non-hydrogen) atoms. The summed E-state index contributed by atoms with van der Waals surface area (Å²) in [7, 11) is 0. The number of ether oxygens (including phenoxy) is 1. The van der Waals surface area contributed by atoms with Crippen molar-refractivity contribution in [3.63, 3.8) is 0 Å². The molecule has 0 aliphatic rings. The number of para-hydroxylation sites is 1. The van der Waals surface area contributed by atoms with Gasteiger partial charge in [0.05, 0.1) is 5.69 Å². The summed E-state index contributed by atoms with van der Waals surface area (Å²) in [6.07, 6.45) is 3.10. The summed E-state index contributed by atoms with van der Waals surface area (Å²) in [5, 5.41) is 7.07. The van der Waals surface area contributed by atoms with E-state index in [4.69, 9.17) is 9.84 Å². The van der Waals surface area contributed by atoms with Gasteiger partial charge >= 0.3 is 20.4 Å². The normalized spacial score (nSPS) is 11.6. The average Bonchev–Trinajstić information content (AvgIpc) is 3.60. The van der Waals surface area contributed by atoms with Gasteiger partial charge in [0.25, 0.3) is 0 Å². The molecule has 0 spiro atoms. The second-order valence-corrected chi connectivity index (χ2v) is 12.5. The number of benzene rings is 4. The smallest absolute Gasteiger partial charge is 0.509 e. The predicted molar refractivity (Wildman–Crippen MR) is 183 cm³/mol. The molecule has 7 heteroatoms. The van der Waals surface area contributed by atoms with E-state index in [1.807, 2.05) is 63.8 Å². The first-order valence-corrected chi connectivity index (χ1v) is 15.7. The van der Waals surface area contributed by atoms with Crippen LogP contribution in [0.1, 0.15) is 51.6 Å². The molecule has 0 atom stereocenters. The van der Waals surface area contributed by atoms with Crippen molar-refractivity contribution in [2.24, 2.45) is 0 Å². The van der Waals surface area contributed by atoms with Gasteiger partial charge in [0.15, 0.2) is 0 Å². The van der Waals surface area contributed by atoms with Crippen LogP contribution in [0.15, 0.2) is 97.2 Å². The second-order valence-electron chi connectivity index (χ2n) is 12.5. The largest absolute Gasteiger partial charge is 2.00 e. The van der Waals surface area contributed by atoms with Crippen LogP contribution < -0.4 is 4.74 Å². The van der Waals surface area contributed by atoms with E-state index in [0.717, 1.165) is 51.7 Å². The van der Waals surface area contributed by atoms with E-state index in [2.05, 4.69) is 76.0 Å². The Kier molecular flexibility index (Phi) is 8.89. The standard InChI is InChI=1S/C40H35FN4O.Pd/c1-6-34-39(26-15-17-27(18-16-26)40(3,4)5)35(7-2)45(43-34)29-11-10-12-30(24-29)46-31-19-20-33-32-13-8-9-14-36(32)44(37(33)25-31)38-23-28(41)21-22-42-38;/h8-23H,6-7H2,1-5H3;/q-2;+2.